The van der Waals surface area contributed by atoms with Crippen LogP contribution in [0.15, 0.2) is 0 Å². The van der Waals surface area contributed by atoms with Gasteiger partial charge in [0.2, 0.25) is 0 Å². The fourth-order valence-electron chi connectivity index (χ4n) is 2.28. The second-order valence-corrected chi connectivity index (χ2v) is 6.58. The topological polar surface area (TPSA) is 29.5 Å². The van der Waals surface area contributed by atoms with Crippen LogP contribution in [0.5, 0.6) is 0 Å². The van der Waals surface area contributed by atoms with Crippen molar-refractivity contribution in [2.45, 2.75) is 98.0 Å². The van der Waals surface area contributed by atoms with Gasteiger partial charge in [0.05, 0.1) is 6.10 Å². The highest BCUT2D eigenvalue weighted by Crippen LogP contribution is 2.26. The molecule has 0 aliphatic heterocycles. The summed E-state index contributed by atoms with van der Waals surface area (Å²) in [5.41, 5.74) is 0.0366. The van der Waals surface area contributed by atoms with E-state index in [-0.39, 0.29) is 11.5 Å². The summed E-state index contributed by atoms with van der Waals surface area (Å²) in [6.45, 7) is 8.60. The zero-order valence-electron chi connectivity index (χ0n) is 13.0. The molecule has 0 heterocycles. The van der Waals surface area contributed by atoms with Gasteiger partial charge < -0.3 is 0 Å². The molecule has 0 aliphatic carbocycles. The van der Waals surface area contributed by atoms with E-state index in [9.17, 15) is 0 Å². The van der Waals surface area contributed by atoms with E-state index in [4.69, 9.17) is 5.26 Å². The minimum absolute atomic E-state index is 0.0259. The summed E-state index contributed by atoms with van der Waals surface area (Å²) in [6.07, 6.45) is 13.0. The third-order valence-corrected chi connectivity index (χ3v) is 3.66. The third-order valence-electron chi connectivity index (χ3n) is 3.66. The Morgan fingerprint density at radius 2 is 1.28 bits per heavy atom. The molecule has 1 unspecified atom stereocenters. The van der Waals surface area contributed by atoms with Gasteiger partial charge in [0.25, 0.3) is 0 Å². The second kappa shape index (κ2) is 10.8. The van der Waals surface area contributed by atoms with Gasteiger partial charge in [0, 0.05) is 0 Å². The van der Waals surface area contributed by atoms with Crippen LogP contribution in [0.4, 0.5) is 0 Å². The van der Waals surface area contributed by atoms with Gasteiger partial charge in [-0.1, -0.05) is 85.5 Å². The lowest BCUT2D eigenvalue weighted by atomic mass is 9.86. The van der Waals surface area contributed by atoms with E-state index in [0.29, 0.717) is 0 Å². The van der Waals surface area contributed by atoms with Crippen molar-refractivity contribution < 1.29 is 10.1 Å². The van der Waals surface area contributed by atoms with E-state index in [0.717, 1.165) is 12.8 Å². The molecule has 0 spiro atoms. The highest BCUT2D eigenvalue weighted by atomic mass is 17.1. The van der Waals surface area contributed by atoms with Crippen LogP contribution in [-0.2, 0) is 4.89 Å². The summed E-state index contributed by atoms with van der Waals surface area (Å²) >= 11 is 0. The average Bonchev–Trinajstić information content (AvgIpc) is 2.30. The Labute approximate surface area is 114 Å². The number of rotatable bonds is 11. The largest absolute Gasteiger partial charge is 0.252 e. The van der Waals surface area contributed by atoms with Gasteiger partial charge in [-0.3, -0.25) is 5.26 Å². The number of hydrogen-bond donors (Lipinski definition) is 1. The van der Waals surface area contributed by atoms with E-state index >= 15 is 0 Å². The summed E-state index contributed by atoms with van der Waals surface area (Å²) in [5.74, 6) is 0. The molecule has 1 atom stereocenters. The fourth-order valence-corrected chi connectivity index (χ4v) is 2.28. The quantitative estimate of drug-likeness (QED) is 0.288. The molecule has 0 aromatic carbocycles. The highest BCUT2D eigenvalue weighted by molar-refractivity contribution is 4.73. The molecule has 0 saturated heterocycles. The molecule has 0 fully saturated rings. The molecule has 0 aromatic heterocycles. The maximum absolute atomic E-state index is 8.88. The smallest absolute Gasteiger partial charge is 0.0975 e. The maximum Gasteiger partial charge on any atom is 0.0975 e. The van der Waals surface area contributed by atoms with E-state index in [1.165, 1.54) is 51.4 Å². The fraction of sp³-hybridized carbons (Fsp3) is 1.00. The summed E-state index contributed by atoms with van der Waals surface area (Å²) in [6, 6.07) is 0. The molecule has 0 bridgehead atoms. The van der Waals surface area contributed by atoms with Gasteiger partial charge in [0.15, 0.2) is 0 Å². The monoisotopic (exact) mass is 258 g/mol. The molecule has 0 aliphatic rings. The zero-order chi connectivity index (χ0) is 13.9. The zero-order valence-corrected chi connectivity index (χ0v) is 13.0. The molecule has 18 heavy (non-hydrogen) atoms. The van der Waals surface area contributed by atoms with Crippen LogP contribution in [0.1, 0.15) is 91.9 Å². The van der Waals surface area contributed by atoms with Crippen molar-refractivity contribution in [2.24, 2.45) is 5.41 Å². The van der Waals surface area contributed by atoms with Gasteiger partial charge in [-0.15, -0.1) is 0 Å². The van der Waals surface area contributed by atoms with Crippen molar-refractivity contribution in [2.75, 3.05) is 0 Å². The first-order valence-electron chi connectivity index (χ1n) is 7.82. The van der Waals surface area contributed by atoms with Crippen molar-refractivity contribution >= 4 is 0 Å². The van der Waals surface area contributed by atoms with Crippen molar-refractivity contribution in [3.8, 4) is 0 Å². The van der Waals surface area contributed by atoms with Crippen LogP contribution < -0.4 is 0 Å². The molecule has 1 N–H and O–H groups in total. The predicted octanol–water partition coefficient (Wildman–Crippen LogP) is 5.81. The van der Waals surface area contributed by atoms with Crippen molar-refractivity contribution in [3.63, 3.8) is 0 Å². The Balaban J connectivity index is 3.34. The summed E-state index contributed by atoms with van der Waals surface area (Å²) < 4.78 is 0. The molecule has 0 aromatic rings. The molecule has 2 heteroatoms. The van der Waals surface area contributed by atoms with Crippen molar-refractivity contribution in [3.05, 3.63) is 0 Å². The summed E-state index contributed by atoms with van der Waals surface area (Å²) in [5, 5.41) is 8.88. The summed E-state index contributed by atoms with van der Waals surface area (Å²) in [4.78, 5) is 4.59. The van der Waals surface area contributed by atoms with Crippen LogP contribution in [-0.4, -0.2) is 11.4 Å². The Morgan fingerprint density at radius 1 is 0.833 bits per heavy atom. The van der Waals surface area contributed by atoms with Gasteiger partial charge >= 0.3 is 0 Å². The van der Waals surface area contributed by atoms with Gasteiger partial charge in [-0.05, 0) is 11.8 Å². The SMILES string of the molecule is CCCCCCCCCCCC(OO)C(C)(C)C. The molecule has 0 amide bonds. The van der Waals surface area contributed by atoms with Gasteiger partial charge in [-0.25, -0.2) is 4.89 Å². The summed E-state index contributed by atoms with van der Waals surface area (Å²) in [7, 11) is 0. The lowest BCUT2D eigenvalue weighted by Gasteiger charge is -2.27. The minimum Gasteiger partial charge on any atom is -0.252 e. The number of unbranched alkanes of at least 4 members (excludes halogenated alkanes) is 8. The lowest BCUT2D eigenvalue weighted by molar-refractivity contribution is -0.300. The van der Waals surface area contributed by atoms with Crippen molar-refractivity contribution in [1.29, 1.82) is 0 Å². The van der Waals surface area contributed by atoms with E-state index < -0.39 is 0 Å². The molecule has 0 saturated carbocycles. The predicted molar refractivity (Wildman–Crippen MR) is 78.8 cm³/mol. The van der Waals surface area contributed by atoms with Gasteiger partial charge in [-0.2, -0.15) is 0 Å². The Bertz CT molecular complexity index is 172. The van der Waals surface area contributed by atoms with E-state index in [2.05, 4.69) is 32.6 Å². The lowest BCUT2D eigenvalue weighted by Crippen LogP contribution is -2.28. The standard InChI is InChI=1S/C16H34O2/c1-5-6-7-8-9-10-11-12-13-14-15(18-17)16(2,3)4/h15,17H,5-14H2,1-4H3. The van der Waals surface area contributed by atoms with Crippen LogP contribution >= 0.6 is 0 Å². The first-order valence-corrected chi connectivity index (χ1v) is 7.82. The van der Waals surface area contributed by atoms with Gasteiger partial charge in [0.1, 0.15) is 0 Å². The Kier molecular flexibility index (Phi) is 10.8. The molecule has 2 nitrogen and oxygen atoms in total. The Hall–Kier alpha value is -0.0800. The van der Waals surface area contributed by atoms with Crippen LogP contribution in [0, 0.1) is 5.41 Å². The minimum atomic E-state index is -0.0259. The van der Waals surface area contributed by atoms with Crippen LogP contribution in [0.25, 0.3) is 0 Å². The molecule has 0 rings (SSSR count). The average molecular weight is 258 g/mol. The maximum atomic E-state index is 8.88. The second-order valence-electron chi connectivity index (χ2n) is 6.58. The molecular weight excluding hydrogens is 224 g/mol. The van der Waals surface area contributed by atoms with Crippen LogP contribution in [0.3, 0.4) is 0 Å². The van der Waals surface area contributed by atoms with E-state index in [1.807, 2.05) is 0 Å². The molecule has 110 valence electrons. The first kappa shape index (κ1) is 17.9. The van der Waals surface area contributed by atoms with Crippen LogP contribution in [0.2, 0.25) is 0 Å². The van der Waals surface area contributed by atoms with Crippen molar-refractivity contribution in [1.82, 2.24) is 0 Å². The third kappa shape index (κ3) is 9.90. The van der Waals surface area contributed by atoms with E-state index in [1.54, 1.807) is 0 Å². The highest BCUT2D eigenvalue weighted by Gasteiger charge is 2.24. The normalized spacial score (nSPS) is 13.8. The molecular formula is C16H34O2. The Morgan fingerprint density at radius 3 is 1.67 bits per heavy atom. The molecule has 0 radical (unpaired) electrons. The number of hydrogen-bond acceptors (Lipinski definition) is 2. The first-order chi connectivity index (χ1) is 8.52.